The van der Waals surface area contributed by atoms with Crippen LogP contribution in [0.2, 0.25) is 0 Å². The third-order valence-electron chi connectivity index (χ3n) is 3.46. The van der Waals surface area contributed by atoms with E-state index in [4.69, 9.17) is 5.11 Å². The monoisotopic (exact) mass is 243 g/mol. The standard InChI is InChI=1S/C11H21N3O3/c1-14(2)11(5-3-4-6-11)8-13-10(17)12-7-9(15)16/h3-8H2,1-2H3,(H,15,16)(H2,12,13,17). The lowest BCUT2D eigenvalue weighted by Gasteiger charge is -2.36. The third-order valence-corrected chi connectivity index (χ3v) is 3.46. The van der Waals surface area contributed by atoms with Crippen molar-refractivity contribution in [2.24, 2.45) is 0 Å². The number of nitrogens with one attached hydrogen (secondary N) is 2. The molecule has 6 heteroatoms. The second-order valence-corrected chi connectivity index (χ2v) is 4.76. The van der Waals surface area contributed by atoms with Gasteiger partial charge in [0.25, 0.3) is 0 Å². The second-order valence-electron chi connectivity index (χ2n) is 4.76. The summed E-state index contributed by atoms with van der Waals surface area (Å²) in [6.45, 7) is 0.215. The van der Waals surface area contributed by atoms with Gasteiger partial charge in [0.2, 0.25) is 0 Å². The summed E-state index contributed by atoms with van der Waals surface area (Å²) in [4.78, 5) is 23.8. The molecule has 0 atom stereocenters. The number of carbonyl (C=O) groups excluding carboxylic acids is 1. The van der Waals surface area contributed by atoms with Crippen molar-refractivity contribution in [3.63, 3.8) is 0 Å². The Hall–Kier alpha value is -1.30. The van der Waals surface area contributed by atoms with Gasteiger partial charge >= 0.3 is 12.0 Å². The maximum atomic E-state index is 11.4. The van der Waals surface area contributed by atoms with Crippen LogP contribution in [0.15, 0.2) is 0 Å². The highest BCUT2D eigenvalue weighted by atomic mass is 16.4. The largest absolute Gasteiger partial charge is 0.480 e. The summed E-state index contributed by atoms with van der Waals surface area (Å²) in [5.41, 5.74) is 0.0283. The van der Waals surface area contributed by atoms with Crippen LogP contribution < -0.4 is 10.6 Å². The molecule has 1 aliphatic rings. The van der Waals surface area contributed by atoms with E-state index in [0.29, 0.717) is 6.54 Å². The Balaban J connectivity index is 2.37. The van der Waals surface area contributed by atoms with Gasteiger partial charge in [0.1, 0.15) is 6.54 Å². The van der Waals surface area contributed by atoms with Crippen molar-refractivity contribution >= 4 is 12.0 Å². The summed E-state index contributed by atoms with van der Waals surface area (Å²) >= 11 is 0. The number of carbonyl (C=O) groups is 2. The molecule has 1 saturated carbocycles. The topological polar surface area (TPSA) is 81.7 Å². The number of carboxylic acids is 1. The predicted octanol–water partition coefficient (Wildman–Crippen LogP) is 0.245. The summed E-state index contributed by atoms with van der Waals surface area (Å²) in [5.74, 6) is -1.04. The molecular formula is C11H21N3O3. The Morgan fingerprint density at radius 1 is 1.24 bits per heavy atom. The van der Waals surface area contributed by atoms with Crippen LogP contribution in [-0.2, 0) is 4.79 Å². The number of nitrogens with zero attached hydrogens (tertiary/aromatic N) is 1. The van der Waals surface area contributed by atoms with Crippen molar-refractivity contribution in [2.75, 3.05) is 27.2 Å². The number of hydrogen-bond donors (Lipinski definition) is 3. The lowest BCUT2D eigenvalue weighted by molar-refractivity contribution is -0.135. The summed E-state index contributed by atoms with van der Waals surface area (Å²) in [7, 11) is 4.03. The van der Waals surface area contributed by atoms with E-state index in [0.717, 1.165) is 12.8 Å². The first kappa shape index (κ1) is 13.8. The number of likely N-dealkylation sites (N-methyl/N-ethyl adjacent to an activating group) is 1. The third kappa shape index (κ3) is 3.89. The molecule has 6 nitrogen and oxygen atoms in total. The quantitative estimate of drug-likeness (QED) is 0.646. The van der Waals surface area contributed by atoms with Crippen LogP contribution in [-0.4, -0.2) is 54.7 Å². The molecule has 98 valence electrons. The van der Waals surface area contributed by atoms with Crippen molar-refractivity contribution in [3.8, 4) is 0 Å². The molecule has 17 heavy (non-hydrogen) atoms. The molecule has 0 heterocycles. The Labute approximate surface area is 101 Å². The molecule has 1 fully saturated rings. The van der Waals surface area contributed by atoms with Gasteiger partial charge in [-0.15, -0.1) is 0 Å². The molecule has 1 aliphatic carbocycles. The van der Waals surface area contributed by atoms with Crippen molar-refractivity contribution in [1.29, 1.82) is 0 Å². The van der Waals surface area contributed by atoms with Gasteiger partial charge in [-0.2, -0.15) is 0 Å². The molecule has 0 aliphatic heterocycles. The predicted molar refractivity (Wildman–Crippen MR) is 63.9 cm³/mol. The van der Waals surface area contributed by atoms with Crippen LogP contribution in [0.25, 0.3) is 0 Å². The fourth-order valence-electron chi connectivity index (χ4n) is 2.28. The smallest absolute Gasteiger partial charge is 0.323 e. The fraction of sp³-hybridized carbons (Fsp3) is 0.818. The Bertz CT molecular complexity index is 286. The van der Waals surface area contributed by atoms with Gasteiger partial charge in [-0.25, -0.2) is 4.79 Å². The molecule has 0 aromatic carbocycles. The molecule has 0 aromatic rings. The summed E-state index contributed by atoms with van der Waals surface area (Å²) < 4.78 is 0. The van der Waals surface area contributed by atoms with Gasteiger partial charge in [0, 0.05) is 12.1 Å². The number of hydrogen-bond acceptors (Lipinski definition) is 3. The molecule has 0 saturated heterocycles. The van der Waals surface area contributed by atoms with E-state index in [1.54, 1.807) is 0 Å². The van der Waals surface area contributed by atoms with Crippen molar-refractivity contribution < 1.29 is 14.7 Å². The Morgan fingerprint density at radius 3 is 2.29 bits per heavy atom. The molecule has 0 radical (unpaired) electrons. The first-order valence-corrected chi connectivity index (χ1v) is 5.87. The average Bonchev–Trinajstić information content (AvgIpc) is 2.73. The molecule has 0 spiro atoms. The van der Waals surface area contributed by atoms with E-state index in [1.165, 1.54) is 12.8 Å². The van der Waals surface area contributed by atoms with E-state index in [1.807, 2.05) is 14.1 Å². The zero-order valence-electron chi connectivity index (χ0n) is 10.5. The molecule has 2 amide bonds. The highest BCUT2D eigenvalue weighted by molar-refractivity contribution is 5.79. The van der Waals surface area contributed by atoms with Crippen LogP contribution in [0.5, 0.6) is 0 Å². The molecule has 1 rings (SSSR count). The number of urea groups is 1. The number of aliphatic carboxylic acids is 1. The fourth-order valence-corrected chi connectivity index (χ4v) is 2.28. The lowest BCUT2D eigenvalue weighted by Crippen LogP contribution is -2.52. The number of amides is 2. The summed E-state index contributed by atoms with van der Waals surface area (Å²) in [6, 6.07) is -0.416. The van der Waals surface area contributed by atoms with Crippen LogP contribution in [0.1, 0.15) is 25.7 Å². The summed E-state index contributed by atoms with van der Waals surface area (Å²) in [6.07, 6.45) is 4.49. The van der Waals surface area contributed by atoms with Crippen molar-refractivity contribution in [1.82, 2.24) is 15.5 Å². The first-order chi connectivity index (χ1) is 7.96. The SMILES string of the molecule is CN(C)C1(CNC(=O)NCC(=O)O)CCCC1. The molecule has 0 aromatic heterocycles. The normalized spacial score (nSPS) is 18.1. The van der Waals surface area contributed by atoms with Gasteiger partial charge in [-0.1, -0.05) is 12.8 Å². The lowest BCUT2D eigenvalue weighted by atomic mass is 9.96. The summed E-state index contributed by atoms with van der Waals surface area (Å²) in [5, 5.41) is 13.5. The second kappa shape index (κ2) is 5.86. The zero-order chi connectivity index (χ0) is 12.9. The van der Waals surface area contributed by atoms with Crippen LogP contribution in [0.4, 0.5) is 4.79 Å². The van der Waals surface area contributed by atoms with Gasteiger partial charge < -0.3 is 20.6 Å². The molecule has 0 bridgehead atoms. The van der Waals surface area contributed by atoms with Crippen molar-refractivity contribution in [3.05, 3.63) is 0 Å². The van der Waals surface area contributed by atoms with Gasteiger partial charge in [0.05, 0.1) is 0 Å². The highest BCUT2D eigenvalue weighted by Crippen LogP contribution is 2.32. The number of rotatable bonds is 5. The zero-order valence-corrected chi connectivity index (χ0v) is 10.5. The minimum Gasteiger partial charge on any atom is -0.480 e. The van der Waals surface area contributed by atoms with E-state index in [9.17, 15) is 9.59 Å². The van der Waals surface area contributed by atoms with Gasteiger partial charge in [0.15, 0.2) is 0 Å². The maximum absolute atomic E-state index is 11.4. The molecule has 3 N–H and O–H groups in total. The van der Waals surface area contributed by atoms with Crippen LogP contribution in [0, 0.1) is 0 Å². The van der Waals surface area contributed by atoms with Gasteiger partial charge in [-0.05, 0) is 26.9 Å². The van der Waals surface area contributed by atoms with E-state index in [2.05, 4.69) is 15.5 Å². The van der Waals surface area contributed by atoms with Crippen LogP contribution >= 0.6 is 0 Å². The van der Waals surface area contributed by atoms with Crippen molar-refractivity contribution in [2.45, 2.75) is 31.2 Å². The maximum Gasteiger partial charge on any atom is 0.323 e. The minimum absolute atomic E-state index is 0.0283. The van der Waals surface area contributed by atoms with Crippen LogP contribution in [0.3, 0.4) is 0 Å². The Morgan fingerprint density at radius 2 is 1.82 bits per heavy atom. The Kier molecular flexibility index (Phi) is 4.74. The highest BCUT2D eigenvalue weighted by Gasteiger charge is 2.36. The van der Waals surface area contributed by atoms with Gasteiger partial charge in [-0.3, -0.25) is 4.79 Å². The van der Waals surface area contributed by atoms with E-state index < -0.39 is 12.0 Å². The van der Waals surface area contributed by atoms with E-state index in [-0.39, 0.29) is 12.1 Å². The molecule has 0 unspecified atom stereocenters. The molecular weight excluding hydrogens is 222 g/mol. The average molecular weight is 243 g/mol. The number of carboxylic acid groups (broad SMARTS) is 1. The van der Waals surface area contributed by atoms with E-state index >= 15 is 0 Å². The first-order valence-electron chi connectivity index (χ1n) is 5.87. The minimum atomic E-state index is -1.04.